The number of aliphatic carboxylic acids is 1. The monoisotopic (exact) mass is 222 g/mol. The number of aromatic nitrogens is 1. The van der Waals surface area contributed by atoms with E-state index in [0.717, 1.165) is 5.69 Å². The van der Waals surface area contributed by atoms with E-state index in [9.17, 15) is 9.59 Å². The Balaban J connectivity index is 2.38. The van der Waals surface area contributed by atoms with Crippen LogP contribution >= 0.6 is 0 Å². The minimum absolute atomic E-state index is 0.0158. The molecular weight excluding hydrogens is 208 g/mol. The maximum Gasteiger partial charge on any atom is 0.304 e. The summed E-state index contributed by atoms with van der Waals surface area (Å²) in [7, 11) is 0. The summed E-state index contributed by atoms with van der Waals surface area (Å²) >= 11 is 0. The largest absolute Gasteiger partial charge is 0.481 e. The third kappa shape index (κ3) is 4.18. The number of ketones is 1. The first-order valence-corrected chi connectivity index (χ1v) is 4.98. The molecule has 0 saturated heterocycles. The molecular formula is C11H14N2O3. The lowest BCUT2D eigenvalue weighted by atomic mass is 10.2. The summed E-state index contributed by atoms with van der Waals surface area (Å²) < 4.78 is 0. The van der Waals surface area contributed by atoms with Gasteiger partial charge >= 0.3 is 5.97 Å². The van der Waals surface area contributed by atoms with E-state index in [1.54, 1.807) is 12.1 Å². The van der Waals surface area contributed by atoms with Crippen LogP contribution in [0, 0.1) is 0 Å². The van der Waals surface area contributed by atoms with E-state index in [1.165, 1.54) is 13.1 Å². The normalized spacial score (nSPS) is 10.1. The van der Waals surface area contributed by atoms with Gasteiger partial charge in [0.2, 0.25) is 0 Å². The standard InChI is InChI=1S/C11H14N2O3/c1-8(14)9-2-3-10(13-6-9)7-12-5-4-11(15)16/h2-3,6,12H,4-5,7H2,1H3,(H,15,16). The topological polar surface area (TPSA) is 79.3 Å². The molecule has 0 aliphatic heterocycles. The highest BCUT2D eigenvalue weighted by Crippen LogP contribution is 2.00. The highest BCUT2D eigenvalue weighted by Gasteiger charge is 2.00. The summed E-state index contributed by atoms with van der Waals surface area (Å²) in [4.78, 5) is 25.3. The predicted molar refractivity (Wildman–Crippen MR) is 58.2 cm³/mol. The van der Waals surface area contributed by atoms with E-state index < -0.39 is 5.97 Å². The van der Waals surface area contributed by atoms with Crippen LogP contribution in [0.4, 0.5) is 0 Å². The number of carboxylic acid groups (broad SMARTS) is 1. The zero-order valence-electron chi connectivity index (χ0n) is 9.06. The van der Waals surface area contributed by atoms with Gasteiger partial charge in [0, 0.05) is 24.8 Å². The molecule has 2 N–H and O–H groups in total. The Labute approximate surface area is 93.5 Å². The lowest BCUT2D eigenvalue weighted by molar-refractivity contribution is -0.136. The highest BCUT2D eigenvalue weighted by molar-refractivity contribution is 5.93. The molecule has 16 heavy (non-hydrogen) atoms. The molecule has 0 amide bonds. The average Bonchev–Trinajstić information content (AvgIpc) is 2.25. The van der Waals surface area contributed by atoms with Crippen molar-refractivity contribution in [2.75, 3.05) is 6.54 Å². The molecule has 1 rings (SSSR count). The summed E-state index contributed by atoms with van der Waals surface area (Å²) in [5.41, 5.74) is 1.37. The Morgan fingerprint density at radius 2 is 2.19 bits per heavy atom. The van der Waals surface area contributed by atoms with Crippen LogP contribution in [0.15, 0.2) is 18.3 Å². The second-order valence-corrected chi connectivity index (χ2v) is 3.41. The molecule has 5 nitrogen and oxygen atoms in total. The first kappa shape index (κ1) is 12.3. The van der Waals surface area contributed by atoms with E-state index in [4.69, 9.17) is 5.11 Å². The van der Waals surface area contributed by atoms with Gasteiger partial charge in [-0.2, -0.15) is 0 Å². The second kappa shape index (κ2) is 5.97. The van der Waals surface area contributed by atoms with Gasteiger partial charge in [0.1, 0.15) is 0 Å². The minimum atomic E-state index is -0.826. The summed E-state index contributed by atoms with van der Waals surface area (Å²) in [6.07, 6.45) is 1.61. The molecule has 0 atom stereocenters. The zero-order chi connectivity index (χ0) is 12.0. The molecule has 86 valence electrons. The van der Waals surface area contributed by atoms with Crippen molar-refractivity contribution in [1.82, 2.24) is 10.3 Å². The quantitative estimate of drug-likeness (QED) is 0.551. The predicted octanol–water partition coefficient (Wildman–Crippen LogP) is 0.849. The van der Waals surface area contributed by atoms with E-state index in [1.807, 2.05) is 0 Å². The number of hydrogen-bond donors (Lipinski definition) is 2. The molecule has 0 aliphatic carbocycles. The molecule has 0 spiro atoms. The van der Waals surface area contributed by atoms with E-state index in [-0.39, 0.29) is 12.2 Å². The molecule has 0 unspecified atom stereocenters. The third-order valence-corrected chi connectivity index (χ3v) is 2.05. The number of Topliss-reactive ketones (excluding diaryl/α,β-unsaturated/α-hetero) is 1. The van der Waals surface area contributed by atoms with Crippen molar-refractivity contribution in [3.8, 4) is 0 Å². The number of hydrogen-bond acceptors (Lipinski definition) is 4. The van der Waals surface area contributed by atoms with Gasteiger partial charge in [-0.3, -0.25) is 14.6 Å². The smallest absolute Gasteiger partial charge is 0.304 e. The minimum Gasteiger partial charge on any atom is -0.481 e. The van der Waals surface area contributed by atoms with Crippen molar-refractivity contribution in [2.45, 2.75) is 19.9 Å². The van der Waals surface area contributed by atoms with Crippen molar-refractivity contribution < 1.29 is 14.7 Å². The summed E-state index contributed by atoms with van der Waals surface area (Å²) in [6.45, 7) is 2.40. The summed E-state index contributed by atoms with van der Waals surface area (Å²) in [5.74, 6) is -0.842. The Morgan fingerprint density at radius 1 is 1.44 bits per heavy atom. The maximum absolute atomic E-state index is 11.0. The maximum atomic E-state index is 11.0. The number of carbonyl (C=O) groups is 2. The molecule has 1 aromatic rings. The molecule has 5 heteroatoms. The Bertz CT molecular complexity index is 373. The van der Waals surface area contributed by atoms with Gasteiger partial charge in [0.25, 0.3) is 0 Å². The number of carbonyl (C=O) groups excluding carboxylic acids is 1. The lowest BCUT2D eigenvalue weighted by Gasteiger charge is -2.02. The van der Waals surface area contributed by atoms with Crippen LogP contribution in [0.5, 0.6) is 0 Å². The third-order valence-electron chi connectivity index (χ3n) is 2.05. The first-order chi connectivity index (χ1) is 7.59. The van der Waals surface area contributed by atoms with E-state index >= 15 is 0 Å². The number of rotatable bonds is 6. The fraction of sp³-hybridized carbons (Fsp3) is 0.364. The van der Waals surface area contributed by atoms with Gasteiger partial charge in [-0.05, 0) is 19.1 Å². The van der Waals surface area contributed by atoms with Crippen molar-refractivity contribution >= 4 is 11.8 Å². The number of nitrogens with zero attached hydrogens (tertiary/aromatic N) is 1. The molecule has 0 saturated carbocycles. The van der Waals surface area contributed by atoms with Crippen molar-refractivity contribution in [3.05, 3.63) is 29.6 Å². The number of nitrogens with one attached hydrogen (secondary N) is 1. The zero-order valence-corrected chi connectivity index (χ0v) is 9.06. The molecule has 1 heterocycles. The van der Waals surface area contributed by atoms with Crippen LogP contribution in [-0.4, -0.2) is 28.4 Å². The summed E-state index contributed by atoms with van der Waals surface area (Å²) in [5, 5.41) is 11.4. The van der Waals surface area contributed by atoms with Crippen LogP contribution in [0.3, 0.4) is 0 Å². The Kier molecular flexibility index (Phi) is 4.60. The highest BCUT2D eigenvalue weighted by atomic mass is 16.4. The molecule has 1 aromatic heterocycles. The number of pyridine rings is 1. The van der Waals surface area contributed by atoms with Gasteiger partial charge in [-0.25, -0.2) is 0 Å². The van der Waals surface area contributed by atoms with Gasteiger partial charge in [-0.1, -0.05) is 0 Å². The van der Waals surface area contributed by atoms with Crippen molar-refractivity contribution in [3.63, 3.8) is 0 Å². The average molecular weight is 222 g/mol. The molecule has 0 fully saturated rings. The van der Waals surface area contributed by atoms with Crippen LogP contribution in [0.1, 0.15) is 29.4 Å². The van der Waals surface area contributed by atoms with Gasteiger partial charge in [0.15, 0.2) is 5.78 Å². The molecule has 0 radical (unpaired) electrons. The van der Waals surface area contributed by atoms with Crippen LogP contribution < -0.4 is 5.32 Å². The Hall–Kier alpha value is -1.75. The van der Waals surface area contributed by atoms with Crippen LogP contribution in [0.2, 0.25) is 0 Å². The number of carboxylic acids is 1. The fourth-order valence-corrected chi connectivity index (χ4v) is 1.15. The summed E-state index contributed by atoms with van der Waals surface area (Å²) in [6, 6.07) is 3.47. The van der Waals surface area contributed by atoms with Crippen LogP contribution in [0.25, 0.3) is 0 Å². The van der Waals surface area contributed by atoms with Crippen molar-refractivity contribution in [1.29, 1.82) is 0 Å². The first-order valence-electron chi connectivity index (χ1n) is 4.98. The molecule has 0 bridgehead atoms. The van der Waals surface area contributed by atoms with Gasteiger partial charge in [-0.15, -0.1) is 0 Å². The van der Waals surface area contributed by atoms with Gasteiger partial charge < -0.3 is 10.4 Å². The lowest BCUT2D eigenvalue weighted by Crippen LogP contribution is -2.18. The van der Waals surface area contributed by atoms with E-state index in [0.29, 0.717) is 18.7 Å². The molecule has 0 aromatic carbocycles. The fourth-order valence-electron chi connectivity index (χ4n) is 1.15. The Morgan fingerprint density at radius 3 is 2.69 bits per heavy atom. The van der Waals surface area contributed by atoms with Crippen LogP contribution in [-0.2, 0) is 11.3 Å². The second-order valence-electron chi connectivity index (χ2n) is 3.41. The van der Waals surface area contributed by atoms with E-state index in [2.05, 4.69) is 10.3 Å². The SMILES string of the molecule is CC(=O)c1ccc(CNCCC(=O)O)nc1. The van der Waals surface area contributed by atoms with Gasteiger partial charge in [0.05, 0.1) is 12.1 Å². The van der Waals surface area contributed by atoms with Crippen molar-refractivity contribution in [2.24, 2.45) is 0 Å². The molecule has 0 aliphatic rings.